The number of nitrogens with one attached hydrogen (secondary N) is 1. The molecule has 4 nitrogen and oxygen atoms in total. The highest BCUT2D eigenvalue weighted by Crippen LogP contribution is 2.28. The summed E-state index contributed by atoms with van der Waals surface area (Å²) in [6, 6.07) is 8.29. The highest BCUT2D eigenvalue weighted by Gasteiger charge is 2.17. The molecule has 1 aliphatic heterocycles. The zero-order valence-electron chi connectivity index (χ0n) is 11.8. The molecule has 0 saturated carbocycles. The van der Waals surface area contributed by atoms with Gasteiger partial charge >= 0.3 is 0 Å². The van der Waals surface area contributed by atoms with E-state index in [1.165, 1.54) is 30.3 Å². The monoisotopic (exact) mass is 315 g/mol. The molecule has 3 rings (SSSR count). The molecule has 0 unspecified atom stereocenters. The number of hydrogen-bond acceptors (Lipinski definition) is 3. The van der Waals surface area contributed by atoms with Gasteiger partial charge in [0.05, 0.1) is 5.69 Å². The number of rotatable bonds is 3. The van der Waals surface area contributed by atoms with E-state index in [9.17, 15) is 18.4 Å². The predicted octanol–water partition coefficient (Wildman–Crippen LogP) is 3.19. The number of ketones is 1. The molecule has 0 saturated heterocycles. The minimum Gasteiger partial charge on any atom is -0.482 e. The molecule has 1 aliphatic rings. The van der Waals surface area contributed by atoms with Crippen LogP contribution in [0.2, 0.25) is 0 Å². The lowest BCUT2D eigenvalue weighted by Crippen LogP contribution is -2.25. The highest BCUT2D eigenvalue weighted by atomic mass is 19.2. The van der Waals surface area contributed by atoms with E-state index in [0.29, 0.717) is 17.0 Å². The SMILES string of the molecule is O=C1COc2ccc(C(=O)C=Cc3cccc(F)c3F)cc2N1. The van der Waals surface area contributed by atoms with E-state index in [1.54, 1.807) is 6.07 Å². The van der Waals surface area contributed by atoms with Gasteiger partial charge in [0.2, 0.25) is 0 Å². The smallest absolute Gasteiger partial charge is 0.262 e. The second-order valence-corrected chi connectivity index (χ2v) is 4.89. The number of hydrogen-bond donors (Lipinski definition) is 1. The Bertz CT molecular complexity index is 831. The van der Waals surface area contributed by atoms with Crippen LogP contribution in [0, 0.1) is 11.6 Å². The van der Waals surface area contributed by atoms with Crippen LogP contribution in [-0.2, 0) is 4.79 Å². The molecule has 23 heavy (non-hydrogen) atoms. The third-order valence-corrected chi connectivity index (χ3v) is 3.29. The van der Waals surface area contributed by atoms with Crippen LogP contribution >= 0.6 is 0 Å². The van der Waals surface area contributed by atoms with Crippen LogP contribution in [0.1, 0.15) is 15.9 Å². The van der Waals surface area contributed by atoms with E-state index in [4.69, 9.17) is 4.74 Å². The lowest BCUT2D eigenvalue weighted by molar-refractivity contribution is -0.118. The van der Waals surface area contributed by atoms with Crippen molar-refractivity contribution in [2.75, 3.05) is 11.9 Å². The minimum absolute atomic E-state index is 0.0204. The molecule has 2 aromatic carbocycles. The van der Waals surface area contributed by atoms with Crippen LogP contribution in [0.25, 0.3) is 6.08 Å². The van der Waals surface area contributed by atoms with Gasteiger partial charge in [0.15, 0.2) is 24.0 Å². The lowest BCUT2D eigenvalue weighted by Gasteiger charge is -2.17. The Morgan fingerprint density at radius 3 is 2.87 bits per heavy atom. The van der Waals surface area contributed by atoms with Gasteiger partial charge in [-0.2, -0.15) is 0 Å². The molecular weight excluding hydrogens is 304 g/mol. The van der Waals surface area contributed by atoms with Crippen molar-refractivity contribution >= 4 is 23.5 Å². The van der Waals surface area contributed by atoms with Gasteiger partial charge in [-0.15, -0.1) is 0 Å². The molecule has 116 valence electrons. The average Bonchev–Trinajstić information content (AvgIpc) is 2.55. The van der Waals surface area contributed by atoms with Gasteiger partial charge in [0.1, 0.15) is 5.75 Å². The third-order valence-electron chi connectivity index (χ3n) is 3.29. The van der Waals surface area contributed by atoms with E-state index >= 15 is 0 Å². The molecule has 1 heterocycles. The Labute approximate surface area is 130 Å². The summed E-state index contributed by atoms with van der Waals surface area (Å²) < 4.78 is 31.8. The summed E-state index contributed by atoms with van der Waals surface area (Å²) in [5, 5.41) is 2.60. The Morgan fingerprint density at radius 2 is 2.04 bits per heavy atom. The van der Waals surface area contributed by atoms with E-state index in [2.05, 4.69) is 5.32 Å². The number of carbonyl (C=O) groups is 2. The Balaban J connectivity index is 1.83. The topological polar surface area (TPSA) is 55.4 Å². The number of amides is 1. The number of halogens is 2. The molecule has 0 bridgehead atoms. The molecular formula is C17H11F2NO3. The molecule has 0 aromatic heterocycles. The van der Waals surface area contributed by atoms with Crippen molar-refractivity contribution in [2.45, 2.75) is 0 Å². The van der Waals surface area contributed by atoms with Gasteiger partial charge in [-0.05, 0) is 36.4 Å². The van der Waals surface area contributed by atoms with Crippen molar-refractivity contribution in [3.05, 3.63) is 65.2 Å². The van der Waals surface area contributed by atoms with Crippen LogP contribution in [-0.4, -0.2) is 18.3 Å². The van der Waals surface area contributed by atoms with Crippen LogP contribution in [0.15, 0.2) is 42.5 Å². The summed E-state index contributed by atoms with van der Waals surface area (Å²) in [6.45, 7) is -0.0704. The van der Waals surface area contributed by atoms with E-state index in [0.717, 1.165) is 12.1 Å². The fourth-order valence-electron chi connectivity index (χ4n) is 2.15. The summed E-state index contributed by atoms with van der Waals surface area (Å²) in [5.41, 5.74) is 0.674. The zero-order chi connectivity index (χ0) is 16.4. The first-order valence-corrected chi connectivity index (χ1v) is 6.78. The first-order chi connectivity index (χ1) is 11.0. The van der Waals surface area contributed by atoms with Gasteiger partial charge in [0.25, 0.3) is 5.91 Å². The van der Waals surface area contributed by atoms with Crippen molar-refractivity contribution in [1.29, 1.82) is 0 Å². The number of allylic oxidation sites excluding steroid dienone is 1. The summed E-state index contributed by atoms with van der Waals surface area (Å²) >= 11 is 0. The maximum Gasteiger partial charge on any atom is 0.262 e. The number of carbonyl (C=O) groups excluding carboxylic acids is 2. The molecule has 2 aromatic rings. The van der Waals surface area contributed by atoms with Crippen molar-refractivity contribution < 1.29 is 23.1 Å². The second kappa shape index (κ2) is 6.00. The van der Waals surface area contributed by atoms with Crippen molar-refractivity contribution in [2.24, 2.45) is 0 Å². The molecule has 0 atom stereocenters. The summed E-state index contributed by atoms with van der Waals surface area (Å²) in [4.78, 5) is 23.4. The molecule has 0 aliphatic carbocycles. The summed E-state index contributed by atoms with van der Waals surface area (Å²) in [5.74, 6) is -2.23. The largest absolute Gasteiger partial charge is 0.482 e. The first kappa shape index (κ1) is 14.9. The zero-order valence-corrected chi connectivity index (χ0v) is 11.8. The van der Waals surface area contributed by atoms with Crippen LogP contribution in [0.5, 0.6) is 5.75 Å². The van der Waals surface area contributed by atoms with E-state index in [-0.39, 0.29) is 18.1 Å². The molecule has 0 radical (unpaired) electrons. The fourth-order valence-corrected chi connectivity index (χ4v) is 2.15. The fraction of sp³-hybridized carbons (Fsp3) is 0.0588. The van der Waals surface area contributed by atoms with Gasteiger partial charge in [0, 0.05) is 11.1 Å². The van der Waals surface area contributed by atoms with Crippen molar-refractivity contribution in [3.8, 4) is 5.75 Å². The summed E-state index contributed by atoms with van der Waals surface area (Å²) in [6.07, 6.45) is 2.35. The van der Waals surface area contributed by atoms with Gasteiger partial charge < -0.3 is 10.1 Å². The van der Waals surface area contributed by atoms with Crippen molar-refractivity contribution in [3.63, 3.8) is 0 Å². The Morgan fingerprint density at radius 1 is 1.22 bits per heavy atom. The minimum atomic E-state index is -1.01. The first-order valence-electron chi connectivity index (χ1n) is 6.78. The number of ether oxygens (including phenoxy) is 1. The van der Waals surface area contributed by atoms with Crippen LogP contribution in [0.3, 0.4) is 0 Å². The Hall–Kier alpha value is -3.02. The number of fused-ring (bicyclic) bond motifs is 1. The highest BCUT2D eigenvalue weighted by molar-refractivity contribution is 6.08. The second-order valence-electron chi connectivity index (χ2n) is 4.89. The maximum absolute atomic E-state index is 13.5. The Kier molecular flexibility index (Phi) is 3.89. The van der Waals surface area contributed by atoms with Gasteiger partial charge in [-0.3, -0.25) is 9.59 Å². The molecule has 6 heteroatoms. The van der Waals surface area contributed by atoms with Crippen molar-refractivity contribution in [1.82, 2.24) is 0 Å². The summed E-state index contributed by atoms with van der Waals surface area (Å²) in [7, 11) is 0. The average molecular weight is 315 g/mol. The standard InChI is InChI=1S/C17H11F2NO3/c18-12-3-1-2-10(17(12)19)4-6-14(21)11-5-7-15-13(8-11)20-16(22)9-23-15/h1-8H,9H2,(H,20,22). The molecule has 0 fully saturated rings. The predicted molar refractivity (Wildman–Crippen MR) is 80.3 cm³/mol. The van der Waals surface area contributed by atoms with Gasteiger partial charge in [-0.25, -0.2) is 8.78 Å². The number of benzene rings is 2. The van der Waals surface area contributed by atoms with Crippen LogP contribution in [0.4, 0.5) is 14.5 Å². The quantitative estimate of drug-likeness (QED) is 0.699. The van der Waals surface area contributed by atoms with E-state index < -0.39 is 17.4 Å². The number of anilines is 1. The molecule has 1 amide bonds. The van der Waals surface area contributed by atoms with Crippen LogP contribution < -0.4 is 10.1 Å². The maximum atomic E-state index is 13.5. The van der Waals surface area contributed by atoms with Gasteiger partial charge in [-0.1, -0.05) is 12.1 Å². The lowest BCUT2D eigenvalue weighted by atomic mass is 10.1. The normalized spacial score (nSPS) is 13.4. The molecule has 0 spiro atoms. The van der Waals surface area contributed by atoms with E-state index in [1.807, 2.05) is 0 Å². The third kappa shape index (κ3) is 3.11. The molecule has 1 N–H and O–H groups in total.